The Morgan fingerprint density at radius 2 is 1.69 bits per heavy atom. The second kappa shape index (κ2) is 6.99. The number of carbonyl (C=O) groups is 1. The van der Waals surface area contributed by atoms with E-state index in [1.54, 1.807) is 0 Å². The zero-order chi connectivity index (χ0) is 18.7. The van der Waals surface area contributed by atoms with Gasteiger partial charge in [0, 0.05) is 12.1 Å². The second-order valence-electron chi connectivity index (χ2n) is 5.42. The van der Waals surface area contributed by atoms with Gasteiger partial charge in [-0.25, -0.2) is 9.37 Å². The Kier molecular flexibility index (Phi) is 4.75. The predicted molar refractivity (Wildman–Crippen MR) is 84.5 cm³/mol. The zero-order valence-corrected chi connectivity index (χ0v) is 13.2. The van der Waals surface area contributed by atoms with Crippen LogP contribution >= 0.6 is 0 Å². The predicted octanol–water partition coefficient (Wildman–Crippen LogP) is 4.43. The Morgan fingerprint density at radius 1 is 1.04 bits per heavy atom. The van der Waals surface area contributed by atoms with Crippen LogP contribution in [0, 0.1) is 5.82 Å². The van der Waals surface area contributed by atoms with Crippen LogP contribution in [0.2, 0.25) is 0 Å². The van der Waals surface area contributed by atoms with Crippen molar-refractivity contribution in [2.75, 3.05) is 0 Å². The molecule has 0 aliphatic carbocycles. The third-order valence-electron chi connectivity index (χ3n) is 3.56. The van der Waals surface area contributed by atoms with Gasteiger partial charge in [-0.3, -0.25) is 4.79 Å². The molecule has 0 bridgehead atoms. The normalized spacial score (nSPS) is 11.4. The summed E-state index contributed by atoms with van der Waals surface area (Å²) in [6, 6.07) is 9.88. The van der Waals surface area contributed by atoms with E-state index in [0.717, 1.165) is 18.4 Å². The number of aromatic nitrogens is 1. The summed E-state index contributed by atoms with van der Waals surface area (Å²) in [5, 5.41) is 2.60. The molecule has 0 aliphatic rings. The molecule has 26 heavy (non-hydrogen) atoms. The van der Waals surface area contributed by atoms with Crippen LogP contribution in [0.5, 0.6) is 0 Å². The number of hydrogen-bond acceptors (Lipinski definition) is 3. The number of nitrogens with zero attached hydrogens (tertiary/aromatic N) is 1. The van der Waals surface area contributed by atoms with Crippen molar-refractivity contribution >= 4 is 5.91 Å². The first-order valence-corrected chi connectivity index (χ1v) is 7.49. The van der Waals surface area contributed by atoms with E-state index >= 15 is 0 Å². The quantitative estimate of drug-likeness (QED) is 0.697. The molecule has 0 saturated heterocycles. The van der Waals surface area contributed by atoms with Crippen LogP contribution in [-0.2, 0) is 12.7 Å². The Morgan fingerprint density at radius 3 is 2.31 bits per heavy atom. The van der Waals surface area contributed by atoms with Crippen LogP contribution in [-0.4, -0.2) is 10.9 Å². The SMILES string of the molecule is O=C(NCc1ccc(F)cc1)c1coc(-c2ccc(C(F)(F)F)cc2)n1. The molecule has 8 heteroatoms. The van der Waals surface area contributed by atoms with Crippen LogP contribution < -0.4 is 5.32 Å². The lowest BCUT2D eigenvalue weighted by molar-refractivity contribution is -0.137. The minimum absolute atomic E-state index is 0.0120. The standard InChI is InChI=1S/C18H12F4N2O2/c19-14-7-1-11(2-8-14)9-23-16(25)15-10-26-17(24-15)12-3-5-13(6-4-12)18(20,21)22/h1-8,10H,9H2,(H,23,25). The molecule has 0 saturated carbocycles. The fourth-order valence-corrected chi connectivity index (χ4v) is 2.19. The molecule has 1 aromatic heterocycles. The van der Waals surface area contributed by atoms with Crippen LogP contribution in [0.3, 0.4) is 0 Å². The molecular formula is C18H12F4N2O2. The summed E-state index contributed by atoms with van der Waals surface area (Å²) in [7, 11) is 0. The van der Waals surface area contributed by atoms with Crippen molar-refractivity contribution in [3.05, 3.63) is 77.4 Å². The fourth-order valence-electron chi connectivity index (χ4n) is 2.19. The minimum atomic E-state index is -4.43. The van der Waals surface area contributed by atoms with Crippen LogP contribution in [0.25, 0.3) is 11.5 Å². The second-order valence-corrected chi connectivity index (χ2v) is 5.42. The lowest BCUT2D eigenvalue weighted by Crippen LogP contribution is -2.23. The number of carbonyl (C=O) groups excluding carboxylic acids is 1. The maximum atomic E-state index is 12.8. The molecule has 1 heterocycles. The highest BCUT2D eigenvalue weighted by Gasteiger charge is 2.30. The van der Waals surface area contributed by atoms with Crippen molar-refractivity contribution in [2.24, 2.45) is 0 Å². The van der Waals surface area contributed by atoms with Gasteiger partial charge in [0.1, 0.15) is 12.1 Å². The van der Waals surface area contributed by atoms with E-state index in [1.807, 2.05) is 0 Å². The highest BCUT2D eigenvalue weighted by Crippen LogP contribution is 2.30. The summed E-state index contributed by atoms with van der Waals surface area (Å²) in [6.45, 7) is 0.168. The molecule has 134 valence electrons. The molecule has 0 unspecified atom stereocenters. The smallest absolute Gasteiger partial charge is 0.416 e. The lowest BCUT2D eigenvalue weighted by atomic mass is 10.1. The van der Waals surface area contributed by atoms with Gasteiger partial charge in [0.15, 0.2) is 5.69 Å². The number of alkyl halides is 3. The van der Waals surface area contributed by atoms with Gasteiger partial charge in [-0.1, -0.05) is 12.1 Å². The highest BCUT2D eigenvalue weighted by atomic mass is 19.4. The Labute approximate surface area is 145 Å². The van der Waals surface area contributed by atoms with Gasteiger partial charge in [0.25, 0.3) is 5.91 Å². The maximum absolute atomic E-state index is 12.8. The largest absolute Gasteiger partial charge is 0.444 e. The number of hydrogen-bond donors (Lipinski definition) is 1. The molecule has 3 rings (SSSR count). The molecular weight excluding hydrogens is 352 g/mol. The van der Waals surface area contributed by atoms with Crippen LogP contribution in [0.15, 0.2) is 59.2 Å². The first-order chi connectivity index (χ1) is 12.3. The minimum Gasteiger partial charge on any atom is -0.444 e. The first-order valence-electron chi connectivity index (χ1n) is 7.49. The average Bonchev–Trinajstić information content (AvgIpc) is 3.10. The van der Waals surface area contributed by atoms with Gasteiger partial charge < -0.3 is 9.73 Å². The Balaban J connectivity index is 1.67. The molecule has 1 amide bonds. The summed E-state index contributed by atoms with van der Waals surface area (Å²) in [5.74, 6) is -0.861. The van der Waals surface area contributed by atoms with Crippen LogP contribution in [0.1, 0.15) is 21.6 Å². The van der Waals surface area contributed by atoms with Gasteiger partial charge in [-0.15, -0.1) is 0 Å². The van der Waals surface area contributed by atoms with Crippen molar-refractivity contribution in [2.45, 2.75) is 12.7 Å². The summed E-state index contributed by atoms with van der Waals surface area (Å²) >= 11 is 0. The van der Waals surface area contributed by atoms with E-state index in [-0.39, 0.29) is 23.9 Å². The monoisotopic (exact) mass is 364 g/mol. The van der Waals surface area contributed by atoms with Gasteiger partial charge in [0.05, 0.1) is 5.56 Å². The zero-order valence-electron chi connectivity index (χ0n) is 13.2. The molecule has 0 aliphatic heterocycles. The molecule has 0 atom stereocenters. The molecule has 3 aromatic rings. The van der Waals surface area contributed by atoms with Gasteiger partial charge in [0.2, 0.25) is 5.89 Å². The number of benzene rings is 2. The first kappa shape index (κ1) is 17.7. The van der Waals surface area contributed by atoms with Crippen molar-refractivity contribution in [3.63, 3.8) is 0 Å². The number of rotatable bonds is 4. The van der Waals surface area contributed by atoms with Gasteiger partial charge in [-0.2, -0.15) is 13.2 Å². The van der Waals surface area contributed by atoms with Crippen molar-refractivity contribution in [1.29, 1.82) is 0 Å². The maximum Gasteiger partial charge on any atom is 0.416 e. The van der Waals surface area contributed by atoms with E-state index < -0.39 is 17.6 Å². The van der Waals surface area contributed by atoms with Crippen molar-refractivity contribution in [3.8, 4) is 11.5 Å². The van der Waals surface area contributed by atoms with E-state index in [9.17, 15) is 22.4 Å². The summed E-state index contributed by atoms with van der Waals surface area (Å²) in [4.78, 5) is 16.0. The molecule has 0 spiro atoms. The Hall–Kier alpha value is -3.16. The topological polar surface area (TPSA) is 55.1 Å². The van der Waals surface area contributed by atoms with E-state index in [0.29, 0.717) is 11.1 Å². The molecule has 2 aromatic carbocycles. The Bertz CT molecular complexity index is 900. The van der Waals surface area contributed by atoms with E-state index in [2.05, 4.69) is 10.3 Å². The fraction of sp³-hybridized carbons (Fsp3) is 0.111. The van der Waals surface area contributed by atoms with Gasteiger partial charge >= 0.3 is 6.18 Å². The third kappa shape index (κ3) is 4.08. The molecule has 1 N–H and O–H groups in total. The summed E-state index contributed by atoms with van der Waals surface area (Å²) in [5.41, 5.74) is 0.217. The van der Waals surface area contributed by atoms with Gasteiger partial charge in [-0.05, 0) is 42.0 Å². The number of oxazole rings is 1. The van der Waals surface area contributed by atoms with Crippen molar-refractivity contribution in [1.82, 2.24) is 10.3 Å². The third-order valence-corrected chi connectivity index (χ3v) is 3.56. The summed E-state index contributed by atoms with van der Waals surface area (Å²) < 4.78 is 55.7. The lowest BCUT2D eigenvalue weighted by Gasteiger charge is -2.06. The number of nitrogens with one attached hydrogen (secondary N) is 1. The van der Waals surface area contributed by atoms with E-state index in [4.69, 9.17) is 4.42 Å². The number of halogens is 4. The molecule has 0 radical (unpaired) electrons. The number of amides is 1. The molecule has 0 fully saturated rings. The summed E-state index contributed by atoms with van der Waals surface area (Å²) in [6.07, 6.45) is -3.31. The highest BCUT2D eigenvalue weighted by molar-refractivity contribution is 5.92. The van der Waals surface area contributed by atoms with Crippen LogP contribution in [0.4, 0.5) is 17.6 Å². The molecule has 4 nitrogen and oxygen atoms in total. The van der Waals surface area contributed by atoms with E-state index in [1.165, 1.54) is 36.4 Å². The average molecular weight is 364 g/mol. The van der Waals surface area contributed by atoms with Crippen molar-refractivity contribution < 1.29 is 26.8 Å².